The summed E-state index contributed by atoms with van der Waals surface area (Å²) in [5, 5.41) is 0. The molecule has 0 radical (unpaired) electrons. The van der Waals surface area contributed by atoms with Crippen LogP contribution >= 0.6 is 0 Å². The monoisotopic (exact) mass is 148 g/mol. The minimum absolute atomic E-state index is 0. The quantitative estimate of drug-likeness (QED) is 0.537. The van der Waals surface area contributed by atoms with Crippen LogP contribution in [-0.4, -0.2) is 26.9 Å². The van der Waals surface area contributed by atoms with Crippen LogP contribution in [0.5, 0.6) is 0 Å². The third-order valence-electron chi connectivity index (χ3n) is 1.07. The summed E-state index contributed by atoms with van der Waals surface area (Å²) in [5.74, 6) is 0. The molecule has 0 aromatic rings. The first-order valence-corrected chi connectivity index (χ1v) is 3.48. The predicted molar refractivity (Wildman–Crippen MR) is 44.3 cm³/mol. The van der Waals surface area contributed by atoms with Crippen LogP contribution in [-0.2, 0) is 9.47 Å². The second-order valence-electron chi connectivity index (χ2n) is 1.96. The van der Waals surface area contributed by atoms with Crippen molar-refractivity contribution in [1.82, 2.24) is 0 Å². The van der Waals surface area contributed by atoms with Gasteiger partial charge in [-0.25, -0.2) is 0 Å². The summed E-state index contributed by atoms with van der Waals surface area (Å²) in [6, 6.07) is 0. The summed E-state index contributed by atoms with van der Waals surface area (Å²) >= 11 is 0. The maximum atomic E-state index is 5.19. The first kappa shape index (κ1) is 12.6. The summed E-state index contributed by atoms with van der Waals surface area (Å²) in [4.78, 5) is 0. The lowest BCUT2D eigenvalue weighted by Crippen LogP contribution is -2.02. The van der Waals surface area contributed by atoms with E-state index in [2.05, 4.69) is 6.92 Å². The molecule has 0 bridgehead atoms. The maximum absolute atomic E-state index is 5.19. The van der Waals surface area contributed by atoms with E-state index in [0.29, 0.717) is 6.61 Å². The van der Waals surface area contributed by atoms with E-state index in [-0.39, 0.29) is 7.43 Å². The molecule has 0 aromatic carbocycles. The topological polar surface area (TPSA) is 18.5 Å². The Morgan fingerprint density at radius 1 is 1.10 bits per heavy atom. The molecule has 0 N–H and O–H groups in total. The third-order valence-corrected chi connectivity index (χ3v) is 1.07. The standard InChI is InChI=1S/C7H16O2.CH4/c1-3-4-5-9-7-6-8-2;/h3-7H2,1-2H3;1H4. The van der Waals surface area contributed by atoms with Gasteiger partial charge in [-0.15, -0.1) is 0 Å². The van der Waals surface area contributed by atoms with E-state index in [1.165, 1.54) is 6.42 Å². The predicted octanol–water partition coefficient (Wildman–Crippen LogP) is 2.09. The van der Waals surface area contributed by atoms with Crippen molar-refractivity contribution in [2.75, 3.05) is 26.9 Å². The largest absolute Gasteiger partial charge is 0.382 e. The lowest BCUT2D eigenvalue weighted by Gasteiger charge is -2.00. The van der Waals surface area contributed by atoms with E-state index in [1.807, 2.05) is 0 Å². The van der Waals surface area contributed by atoms with Crippen LogP contribution in [0.4, 0.5) is 0 Å². The van der Waals surface area contributed by atoms with Gasteiger partial charge in [0.15, 0.2) is 0 Å². The van der Waals surface area contributed by atoms with Gasteiger partial charge in [-0.2, -0.15) is 0 Å². The van der Waals surface area contributed by atoms with E-state index in [1.54, 1.807) is 7.11 Å². The molecule has 0 aliphatic rings. The molecule has 0 saturated heterocycles. The lowest BCUT2D eigenvalue weighted by molar-refractivity contribution is 0.0692. The van der Waals surface area contributed by atoms with Gasteiger partial charge in [-0.05, 0) is 6.42 Å². The Morgan fingerprint density at radius 2 is 1.80 bits per heavy atom. The Morgan fingerprint density at radius 3 is 2.30 bits per heavy atom. The Kier molecular flexibility index (Phi) is 14.7. The van der Waals surface area contributed by atoms with E-state index < -0.39 is 0 Å². The Labute approximate surface area is 64.5 Å². The minimum atomic E-state index is 0. The third kappa shape index (κ3) is 10.8. The van der Waals surface area contributed by atoms with Gasteiger partial charge in [-0.1, -0.05) is 20.8 Å². The van der Waals surface area contributed by atoms with Gasteiger partial charge in [0, 0.05) is 13.7 Å². The average Bonchev–Trinajstić information content (AvgIpc) is 1.89. The maximum Gasteiger partial charge on any atom is 0.0700 e. The fourth-order valence-electron chi connectivity index (χ4n) is 0.491. The van der Waals surface area contributed by atoms with Crippen LogP contribution < -0.4 is 0 Å². The Balaban J connectivity index is 0. The van der Waals surface area contributed by atoms with Gasteiger partial charge in [0.2, 0.25) is 0 Å². The molecule has 0 fully saturated rings. The highest BCUT2D eigenvalue weighted by molar-refractivity contribution is 4.31. The number of methoxy groups -OCH3 is 1. The molecule has 0 aliphatic heterocycles. The van der Waals surface area contributed by atoms with Gasteiger partial charge in [-0.3, -0.25) is 0 Å². The molecule has 2 heteroatoms. The highest BCUT2D eigenvalue weighted by Crippen LogP contribution is 1.86. The van der Waals surface area contributed by atoms with Crippen molar-refractivity contribution >= 4 is 0 Å². The van der Waals surface area contributed by atoms with Gasteiger partial charge < -0.3 is 9.47 Å². The van der Waals surface area contributed by atoms with Gasteiger partial charge in [0.25, 0.3) is 0 Å². The highest BCUT2D eigenvalue weighted by atomic mass is 16.5. The molecule has 0 unspecified atom stereocenters. The van der Waals surface area contributed by atoms with Gasteiger partial charge in [0.1, 0.15) is 0 Å². The van der Waals surface area contributed by atoms with E-state index in [4.69, 9.17) is 9.47 Å². The summed E-state index contributed by atoms with van der Waals surface area (Å²) in [7, 11) is 1.68. The molecule has 0 atom stereocenters. The number of unbranched alkanes of at least 4 members (excludes halogenated alkanes) is 1. The SMILES string of the molecule is C.CCCCOCCOC. The molecule has 0 heterocycles. The van der Waals surface area contributed by atoms with Crippen molar-refractivity contribution in [3.05, 3.63) is 0 Å². The van der Waals surface area contributed by atoms with Crippen LogP contribution in [0.1, 0.15) is 27.2 Å². The Bertz CT molecular complexity index is 40.5. The molecule has 64 valence electrons. The van der Waals surface area contributed by atoms with Gasteiger partial charge >= 0.3 is 0 Å². The molecule has 2 nitrogen and oxygen atoms in total. The first-order chi connectivity index (χ1) is 4.41. The molecule has 0 spiro atoms. The zero-order valence-electron chi connectivity index (χ0n) is 6.35. The molecule has 0 aliphatic carbocycles. The van der Waals surface area contributed by atoms with Crippen molar-refractivity contribution in [1.29, 1.82) is 0 Å². The first-order valence-electron chi connectivity index (χ1n) is 3.48. The average molecular weight is 148 g/mol. The Hall–Kier alpha value is -0.0800. The minimum Gasteiger partial charge on any atom is -0.382 e. The number of rotatable bonds is 6. The number of ether oxygens (including phenoxy) is 2. The van der Waals surface area contributed by atoms with Crippen LogP contribution in [0.25, 0.3) is 0 Å². The van der Waals surface area contributed by atoms with Crippen molar-refractivity contribution < 1.29 is 9.47 Å². The zero-order chi connectivity index (χ0) is 6.95. The summed E-state index contributed by atoms with van der Waals surface area (Å²) < 4.78 is 9.99. The number of hydrogen-bond donors (Lipinski definition) is 0. The molecule has 0 aromatic heterocycles. The summed E-state index contributed by atoms with van der Waals surface area (Å²) in [6.07, 6.45) is 2.36. The number of hydrogen-bond acceptors (Lipinski definition) is 2. The van der Waals surface area contributed by atoms with Crippen molar-refractivity contribution in [3.63, 3.8) is 0 Å². The van der Waals surface area contributed by atoms with Crippen LogP contribution in [0.2, 0.25) is 0 Å². The normalized spacial score (nSPS) is 9.00. The van der Waals surface area contributed by atoms with Crippen molar-refractivity contribution in [2.24, 2.45) is 0 Å². The second-order valence-corrected chi connectivity index (χ2v) is 1.96. The van der Waals surface area contributed by atoms with Crippen LogP contribution in [0.15, 0.2) is 0 Å². The lowest BCUT2D eigenvalue weighted by atomic mass is 10.4. The molecule has 0 rings (SSSR count). The zero-order valence-corrected chi connectivity index (χ0v) is 6.35. The summed E-state index contributed by atoms with van der Waals surface area (Å²) in [6.45, 7) is 4.47. The van der Waals surface area contributed by atoms with Crippen LogP contribution in [0, 0.1) is 0 Å². The highest BCUT2D eigenvalue weighted by Gasteiger charge is 1.84. The van der Waals surface area contributed by atoms with Gasteiger partial charge in [0.05, 0.1) is 13.2 Å². The molecular formula is C8H20O2. The smallest absolute Gasteiger partial charge is 0.0700 e. The fourth-order valence-corrected chi connectivity index (χ4v) is 0.491. The summed E-state index contributed by atoms with van der Waals surface area (Å²) in [5.41, 5.74) is 0. The molecule has 10 heavy (non-hydrogen) atoms. The van der Waals surface area contributed by atoms with E-state index in [0.717, 1.165) is 19.6 Å². The molecule has 0 amide bonds. The second kappa shape index (κ2) is 11.7. The van der Waals surface area contributed by atoms with E-state index in [9.17, 15) is 0 Å². The fraction of sp³-hybridized carbons (Fsp3) is 1.00. The molecule has 0 saturated carbocycles. The van der Waals surface area contributed by atoms with Crippen molar-refractivity contribution in [3.8, 4) is 0 Å². The molecular weight excluding hydrogens is 128 g/mol. The van der Waals surface area contributed by atoms with Crippen molar-refractivity contribution in [2.45, 2.75) is 27.2 Å². The van der Waals surface area contributed by atoms with Crippen LogP contribution in [0.3, 0.4) is 0 Å². The van der Waals surface area contributed by atoms with E-state index >= 15 is 0 Å².